The fourth-order valence-electron chi connectivity index (χ4n) is 1.96. The van der Waals surface area contributed by atoms with Gasteiger partial charge in [-0.2, -0.15) is 0 Å². The lowest BCUT2D eigenvalue weighted by molar-refractivity contribution is 0.414. The van der Waals surface area contributed by atoms with E-state index < -0.39 is 0 Å². The minimum Gasteiger partial charge on any atom is -0.497 e. The summed E-state index contributed by atoms with van der Waals surface area (Å²) in [4.78, 5) is 0. The first kappa shape index (κ1) is 15.3. The highest BCUT2D eigenvalue weighted by atomic mass is 32.1. The Morgan fingerprint density at radius 2 is 1.86 bits per heavy atom. The molecule has 2 aromatic carbocycles. The summed E-state index contributed by atoms with van der Waals surface area (Å²) >= 11 is 5.30. The van der Waals surface area contributed by atoms with E-state index in [4.69, 9.17) is 17.0 Å². The Bertz CT molecular complexity index is 596. The number of rotatable bonds is 5. The van der Waals surface area contributed by atoms with Crippen LogP contribution in [0.3, 0.4) is 0 Å². The Morgan fingerprint density at radius 3 is 2.52 bits per heavy atom. The topological polar surface area (TPSA) is 33.3 Å². The smallest absolute Gasteiger partial charge is 0.171 e. The molecule has 21 heavy (non-hydrogen) atoms. The van der Waals surface area contributed by atoms with Crippen LogP contribution in [0.25, 0.3) is 0 Å². The molecule has 0 bridgehead atoms. The molecule has 4 heteroatoms. The molecule has 0 radical (unpaired) electrons. The van der Waals surface area contributed by atoms with Crippen molar-refractivity contribution in [1.82, 2.24) is 5.32 Å². The van der Waals surface area contributed by atoms with Crippen LogP contribution in [-0.2, 0) is 13.0 Å². The van der Waals surface area contributed by atoms with Gasteiger partial charge in [0, 0.05) is 12.2 Å². The number of methoxy groups -OCH3 is 1. The summed E-state index contributed by atoms with van der Waals surface area (Å²) in [7, 11) is 1.67. The standard InChI is InChI=1S/C17H20N2OS/c1-3-13-7-9-15(10-8-13)19-17(21)18-12-14-5-4-6-16(11-14)20-2/h4-11H,3,12H2,1-2H3,(H2,18,19,21). The highest BCUT2D eigenvalue weighted by Gasteiger charge is 2.00. The van der Waals surface area contributed by atoms with Crippen LogP contribution in [0.1, 0.15) is 18.1 Å². The van der Waals surface area contributed by atoms with E-state index in [9.17, 15) is 0 Å². The Balaban J connectivity index is 1.86. The molecule has 3 nitrogen and oxygen atoms in total. The van der Waals surface area contributed by atoms with Crippen LogP contribution in [0.2, 0.25) is 0 Å². The Labute approximate surface area is 131 Å². The average molecular weight is 300 g/mol. The van der Waals surface area contributed by atoms with Gasteiger partial charge < -0.3 is 15.4 Å². The first-order valence-electron chi connectivity index (χ1n) is 6.98. The summed E-state index contributed by atoms with van der Waals surface area (Å²) in [5.41, 5.74) is 3.44. The number of ether oxygens (including phenoxy) is 1. The minimum absolute atomic E-state index is 0.613. The average Bonchev–Trinajstić information content (AvgIpc) is 2.54. The first-order valence-corrected chi connectivity index (χ1v) is 7.39. The number of anilines is 1. The summed E-state index contributed by atoms with van der Waals surface area (Å²) in [5.74, 6) is 0.850. The van der Waals surface area contributed by atoms with Gasteiger partial charge in [0.25, 0.3) is 0 Å². The van der Waals surface area contributed by atoms with E-state index >= 15 is 0 Å². The molecule has 0 heterocycles. The van der Waals surface area contributed by atoms with E-state index in [-0.39, 0.29) is 0 Å². The molecule has 0 amide bonds. The molecular weight excluding hydrogens is 280 g/mol. The largest absolute Gasteiger partial charge is 0.497 e. The molecule has 0 saturated heterocycles. The predicted octanol–water partition coefficient (Wildman–Crippen LogP) is 3.74. The molecule has 0 unspecified atom stereocenters. The summed E-state index contributed by atoms with van der Waals surface area (Å²) in [5, 5.41) is 6.99. The van der Waals surface area contributed by atoms with Gasteiger partial charge in [-0.05, 0) is 54.0 Å². The third-order valence-corrected chi connectivity index (χ3v) is 3.45. The molecule has 0 atom stereocenters. The maximum Gasteiger partial charge on any atom is 0.171 e. The van der Waals surface area contributed by atoms with Crippen molar-refractivity contribution in [2.75, 3.05) is 12.4 Å². The Kier molecular flexibility index (Phi) is 5.58. The van der Waals surface area contributed by atoms with Gasteiger partial charge in [0.05, 0.1) is 7.11 Å². The SMILES string of the molecule is CCc1ccc(NC(=S)NCc2cccc(OC)c2)cc1. The maximum absolute atomic E-state index is 5.30. The lowest BCUT2D eigenvalue weighted by Gasteiger charge is -2.11. The van der Waals surface area contributed by atoms with Gasteiger partial charge in [-0.15, -0.1) is 0 Å². The molecule has 0 fully saturated rings. The zero-order valence-electron chi connectivity index (χ0n) is 12.3. The van der Waals surface area contributed by atoms with Crippen molar-refractivity contribution >= 4 is 23.0 Å². The van der Waals surface area contributed by atoms with E-state index in [1.54, 1.807) is 7.11 Å². The molecule has 0 aliphatic carbocycles. The lowest BCUT2D eigenvalue weighted by Crippen LogP contribution is -2.27. The fraction of sp³-hybridized carbons (Fsp3) is 0.235. The van der Waals surface area contributed by atoms with Crippen molar-refractivity contribution in [3.8, 4) is 5.75 Å². The first-order chi connectivity index (χ1) is 10.2. The van der Waals surface area contributed by atoms with E-state index in [0.717, 1.165) is 23.4 Å². The molecule has 110 valence electrons. The van der Waals surface area contributed by atoms with Crippen molar-refractivity contribution in [3.63, 3.8) is 0 Å². The summed E-state index contributed by atoms with van der Waals surface area (Å²) in [6, 6.07) is 16.2. The molecular formula is C17H20N2OS. The van der Waals surface area contributed by atoms with Crippen LogP contribution < -0.4 is 15.4 Å². The van der Waals surface area contributed by atoms with Gasteiger partial charge >= 0.3 is 0 Å². The summed E-state index contributed by atoms with van der Waals surface area (Å²) < 4.78 is 5.20. The van der Waals surface area contributed by atoms with Crippen molar-refractivity contribution in [3.05, 3.63) is 59.7 Å². The molecule has 0 saturated carbocycles. The Morgan fingerprint density at radius 1 is 1.10 bits per heavy atom. The summed E-state index contributed by atoms with van der Waals surface area (Å²) in [6.07, 6.45) is 1.04. The van der Waals surface area contributed by atoms with E-state index in [2.05, 4.69) is 29.7 Å². The summed E-state index contributed by atoms with van der Waals surface area (Å²) in [6.45, 7) is 2.80. The maximum atomic E-state index is 5.30. The van der Waals surface area contributed by atoms with Crippen molar-refractivity contribution < 1.29 is 4.74 Å². The van der Waals surface area contributed by atoms with E-state index in [1.807, 2.05) is 36.4 Å². The Hall–Kier alpha value is -2.07. The number of hydrogen-bond donors (Lipinski definition) is 2. The zero-order chi connectivity index (χ0) is 15.1. The highest BCUT2D eigenvalue weighted by molar-refractivity contribution is 7.80. The van der Waals surface area contributed by atoms with Gasteiger partial charge in [-0.3, -0.25) is 0 Å². The zero-order valence-corrected chi connectivity index (χ0v) is 13.2. The number of nitrogens with one attached hydrogen (secondary N) is 2. The number of aryl methyl sites for hydroxylation is 1. The molecule has 0 aromatic heterocycles. The van der Waals surface area contributed by atoms with Crippen LogP contribution in [0.15, 0.2) is 48.5 Å². The van der Waals surface area contributed by atoms with Gasteiger partial charge in [-0.1, -0.05) is 31.2 Å². The second-order valence-electron chi connectivity index (χ2n) is 4.71. The number of thiocarbonyl (C=S) groups is 1. The van der Waals surface area contributed by atoms with E-state index in [1.165, 1.54) is 5.56 Å². The minimum atomic E-state index is 0.613. The van der Waals surface area contributed by atoms with Crippen molar-refractivity contribution in [1.29, 1.82) is 0 Å². The molecule has 2 aromatic rings. The van der Waals surface area contributed by atoms with Gasteiger partial charge in [0.2, 0.25) is 0 Å². The van der Waals surface area contributed by atoms with Crippen LogP contribution >= 0.6 is 12.2 Å². The van der Waals surface area contributed by atoms with Crippen molar-refractivity contribution in [2.45, 2.75) is 19.9 Å². The third-order valence-electron chi connectivity index (χ3n) is 3.21. The van der Waals surface area contributed by atoms with Gasteiger partial charge in [-0.25, -0.2) is 0 Å². The quantitative estimate of drug-likeness (QED) is 0.824. The van der Waals surface area contributed by atoms with Crippen LogP contribution in [-0.4, -0.2) is 12.2 Å². The van der Waals surface area contributed by atoms with Gasteiger partial charge in [0.15, 0.2) is 5.11 Å². The molecule has 0 aliphatic rings. The monoisotopic (exact) mass is 300 g/mol. The second kappa shape index (κ2) is 7.64. The van der Waals surface area contributed by atoms with Crippen molar-refractivity contribution in [2.24, 2.45) is 0 Å². The van der Waals surface area contributed by atoms with Crippen LogP contribution in [0, 0.1) is 0 Å². The second-order valence-corrected chi connectivity index (χ2v) is 5.12. The highest BCUT2D eigenvalue weighted by Crippen LogP contribution is 2.13. The lowest BCUT2D eigenvalue weighted by atomic mass is 10.1. The number of hydrogen-bond acceptors (Lipinski definition) is 2. The molecule has 0 aliphatic heterocycles. The van der Waals surface area contributed by atoms with Crippen LogP contribution in [0.5, 0.6) is 5.75 Å². The van der Waals surface area contributed by atoms with E-state index in [0.29, 0.717) is 11.7 Å². The van der Waals surface area contributed by atoms with Gasteiger partial charge in [0.1, 0.15) is 5.75 Å². The fourth-order valence-corrected chi connectivity index (χ4v) is 2.15. The predicted molar refractivity (Wildman–Crippen MR) is 91.9 cm³/mol. The normalized spacial score (nSPS) is 10.0. The molecule has 2 rings (SSSR count). The molecule has 2 N–H and O–H groups in total. The number of benzene rings is 2. The van der Waals surface area contributed by atoms with Crippen LogP contribution in [0.4, 0.5) is 5.69 Å². The third kappa shape index (κ3) is 4.76. The molecule has 0 spiro atoms.